The molecule has 0 saturated carbocycles. The van der Waals surface area contributed by atoms with Gasteiger partial charge in [-0.3, -0.25) is 9.78 Å². The molecule has 3 rings (SSSR count). The molecule has 5 nitrogen and oxygen atoms in total. The quantitative estimate of drug-likeness (QED) is 0.903. The summed E-state index contributed by atoms with van der Waals surface area (Å²) in [7, 11) is 1.85. The van der Waals surface area contributed by atoms with Gasteiger partial charge in [-0.1, -0.05) is 6.07 Å². The van der Waals surface area contributed by atoms with Gasteiger partial charge in [0.25, 0.3) is 0 Å². The van der Waals surface area contributed by atoms with Gasteiger partial charge in [-0.15, -0.1) is 24.8 Å². The number of nitrogens with one attached hydrogen (secondary N) is 1. The van der Waals surface area contributed by atoms with Crippen molar-refractivity contribution in [2.75, 3.05) is 20.2 Å². The van der Waals surface area contributed by atoms with Gasteiger partial charge in [0.2, 0.25) is 5.91 Å². The minimum Gasteiger partial charge on any atom is -0.377 e. The highest BCUT2D eigenvalue weighted by Crippen LogP contribution is 2.26. The van der Waals surface area contributed by atoms with Crippen LogP contribution in [0.4, 0.5) is 0 Å². The molecule has 7 heteroatoms. The smallest absolute Gasteiger partial charge is 0.227 e. The third-order valence-corrected chi connectivity index (χ3v) is 4.20. The van der Waals surface area contributed by atoms with Gasteiger partial charge >= 0.3 is 0 Å². The predicted octanol–water partition coefficient (Wildman–Crippen LogP) is 1.65. The molecule has 3 atom stereocenters. The number of rotatable bonds is 3. The first-order valence-corrected chi connectivity index (χ1v) is 7.24. The van der Waals surface area contributed by atoms with Crippen molar-refractivity contribution in [2.45, 2.75) is 31.5 Å². The number of carbonyl (C=O) groups is 1. The van der Waals surface area contributed by atoms with Crippen LogP contribution < -0.4 is 5.32 Å². The minimum absolute atomic E-state index is 0. The fourth-order valence-corrected chi connectivity index (χ4v) is 3.08. The topological polar surface area (TPSA) is 54.5 Å². The lowest BCUT2D eigenvalue weighted by molar-refractivity contribution is -0.136. The van der Waals surface area contributed by atoms with Crippen LogP contribution in [0.1, 0.15) is 18.5 Å². The van der Waals surface area contributed by atoms with Gasteiger partial charge in [0.1, 0.15) is 0 Å². The molecule has 0 aliphatic carbocycles. The van der Waals surface area contributed by atoms with Crippen LogP contribution in [-0.4, -0.2) is 48.1 Å². The summed E-state index contributed by atoms with van der Waals surface area (Å²) in [6, 6.07) is 6.22. The highest BCUT2D eigenvalue weighted by Gasteiger charge is 2.38. The van der Waals surface area contributed by atoms with E-state index >= 15 is 0 Å². The van der Waals surface area contributed by atoms with E-state index in [0.29, 0.717) is 12.6 Å². The van der Waals surface area contributed by atoms with Crippen molar-refractivity contribution in [3.05, 3.63) is 30.1 Å². The number of hydrogen-bond acceptors (Lipinski definition) is 4. The minimum atomic E-state index is 0. The fraction of sp³-hybridized carbons (Fsp3) is 0.600. The summed E-state index contributed by atoms with van der Waals surface area (Å²) < 4.78 is 5.69. The molecular formula is C15H23Cl2N3O2. The Kier molecular flexibility index (Phi) is 7.56. The first-order valence-electron chi connectivity index (χ1n) is 7.24. The molecule has 3 heterocycles. The van der Waals surface area contributed by atoms with Crippen LogP contribution in [0, 0.1) is 5.92 Å². The average molecular weight is 348 g/mol. The molecule has 0 bridgehead atoms. The van der Waals surface area contributed by atoms with Crippen LogP contribution in [0.25, 0.3) is 0 Å². The summed E-state index contributed by atoms with van der Waals surface area (Å²) in [4.78, 5) is 18.5. The Morgan fingerprint density at radius 1 is 1.45 bits per heavy atom. The van der Waals surface area contributed by atoms with Gasteiger partial charge in [0.05, 0.1) is 24.3 Å². The lowest BCUT2D eigenvalue weighted by atomic mass is 9.91. The number of pyridine rings is 1. The Morgan fingerprint density at radius 3 is 3.00 bits per heavy atom. The van der Waals surface area contributed by atoms with E-state index in [-0.39, 0.29) is 42.7 Å². The summed E-state index contributed by atoms with van der Waals surface area (Å²) >= 11 is 0. The summed E-state index contributed by atoms with van der Waals surface area (Å²) in [6.45, 7) is 2.13. The number of aromatic nitrogens is 1. The molecule has 2 aliphatic rings. The Morgan fingerprint density at radius 2 is 2.27 bits per heavy atom. The monoisotopic (exact) mass is 347 g/mol. The maximum absolute atomic E-state index is 12.5. The van der Waals surface area contributed by atoms with Crippen molar-refractivity contribution in [1.29, 1.82) is 0 Å². The van der Waals surface area contributed by atoms with E-state index < -0.39 is 0 Å². The highest BCUT2D eigenvalue weighted by molar-refractivity contribution is 5.85. The second-order valence-corrected chi connectivity index (χ2v) is 5.66. The molecule has 1 N–H and O–H groups in total. The average Bonchev–Trinajstić information content (AvgIpc) is 2.94. The SMILES string of the molecule is CN(Cc1ccccn1)C(=O)[C@@H]1CN[C@@H]2CCO[C@@H]2C1.Cl.Cl. The lowest BCUT2D eigenvalue weighted by Crippen LogP contribution is -2.50. The van der Waals surface area contributed by atoms with Crippen LogP contribution >= 0.6 is 24.8 Å². The normalized spacial score (nSPS) is 26.3. The summed E-state index contributed by atoms with van der Waals surface area (Å²) in [5.41, 5.74) is 0.919. The van der Waals surface area contributed by atoms with Crippen LogP contribution in [0.15, 0.2) is 24.4 Å². The molecule has 2 aliphatic heterocycles. The Bertz CT molecular complexity index is 475. The molecule has 2 fully saturated rings. The molecule has 1 amide bonds. The zero-order valence-electron chi connectivity index (χ0n) is 12.6. The Hall–Kier alpha value is -0.880. The van der Waals surface area contributed by atoms with E-state index in [1.165, 1.54) is 0 Å². The van der Waals surface area contributed by atoms with Crippen LogP contribution in [0.5, 0.6) is 0 Å². The first kappa shape index (κ1) is 19.2. The van der Waals surface area contributed by atoms with Gasteiger partial charge in [0.15, 0.2) is 0 Å². The van der Waals surface area contributed by atoms with Gasteiger partial charge in [-0.25, -0.2) is 0 Å². The number of carbonyl (C=O) groups excluding carboxylic acids is 1. The number of nitrogens with zero attached hydrogens (tertiary/aromatic N) is 2. The van der Waals surface area contributed by atoms with Gasteiger partial charge in [0, 0.05) is 32.4 Å². The number of fused-ring (bicyclic) bond motifs is 1. The maximum atomic E-state index is 12.5. The van der Waals surface area contributed by atoms with Crippen LogP contribution in [0.2, 0.25) is 0 Å². The van der Waals surface area contributed by atoms with Crippen molar-refractivity contribution in [3.63, 3.8) is 0 Å². The van der Waals surface area contributed by atoms with E-state index in [1.807, 2.05) is 25.2 Å². The van der Waals surface area contributed by atoms with E-state index in [1.54, 1.807) is 11.1 Å². The first-order chi connectivity index (χ1) is 9.74. The van der Waals surface area contributed by atoms with Crippen LogP contribution in [0.3, 0.4) is 0 Å². The molecular weight excluding hydrogens is 325 g/mol. The lowest BCUT2D eigenvalue weighted by Gasteiger charge is -2.33. The number of piperidine rings is 1. The molecule has 0 aromatic carbocycles. The van der Waals surface area contributed by atoms with E-state index in [0.717, 1.165) is 31.7 Å². The molecule has 0 unspecified atom stereocenters. The van der Waals surface area contributed by atoms with Crippen molar-refractivity contribution < 1.29 is 9.53 Å². The molecule has 0 spiro atoms. The Balaban J connectivity index is 0.00000121. The zero-order chi connectivity index (χ0) is 13.9. The van der Waals surface area contributed by atoms with Crippen molar-refractivity contribution in [3.8, 4) is 0 Å². The van der Waals surface area contributed by atoms with Gasteiger partial charge < -0.3 is 15.0 Å². The molecule has 124 valence electrons. The van der Waals surface area contributed by atoms with Crippen molar-refractivity contribution in [2.24, 2.45) is 5.92 Å². The summed E-state index contributed by atoms with van der Waals surface area (Å²) in [5, 5.41) is 3.44. The number of amides is 1. The third kappa shape index (κ3) is 4.32. The number of halogens is 2. The maximum Gasteiger partial charge on any atom is 0.227 e. The van der Waals surface area contributed by atoms with E-state index in [4.69, 9.17) is 4.74 Å². The summed E-state index contributed by atoms with van der Waals surface area (Å²) in [6.07, 6.45) is 3.87. The molecule has 2 saturated heterocycles. The predicted molar refractivity (Wildman–Crippen MR) is 89.5 cm³/mol. The highest BCUT2D eigenvalue weighted by atomic mass is 35.5. The van der Waals surface area contributed by atoms with E-state index in [2.05, 4.69) is 10.3 Å². The van der Waals surface area contributed by atoms with Crippen molar-refractivity contribution >= 4 is 30.7 Å². The largest absolute Gasteiger partial charge is 0.377 e. The van der Waals surface area contributed by atoms with Gasteiger partial charge in [-0.2, -0.15) is 0 Å². The summed E-state index contributed by atoms with van der Waals surface area (Å²) in [5.74, 6) is 0.195. The molecule has 1 aromatic rings. The molecule has 22 heavy (non-hydrogen) atoms. The van der Waals surface area contributed by atoms with E-state index in [9.17, 15) is 4.79 Å². The second kappa shape index (κ2) is 8.67. The number of hydrogen-bond donors (Lipinski definition) is 1. The molecule has 1 aromatic heterocycles. The molecule has 0 radical (unpaired) electrons. The van der Waals surface area contributed by atoms with Crippen molar-refractivity contribution in [1.82, 2.24) is 15.2 Å². The number of ether oxygens (including phenoxy) is 1. The standard InChI is InChI=1S/C15H21N3O2.2ClH/c1-18(10-12-4-2-3-6-16-12)15(19)11-8-14-13(17-9-11)5-7-20-14;;/h2-4,6,11,13-14,17H,5,7-10H2,1H3;2*1H/t11-,13+,14+;;/m0../s1. The Labute approximate surface area is 143 Å². The second-order valence-electron chi connectivity index (χ2n) is 5.66. The van der Waals surface area contributed by atoms with Crippen LogP contribution in [-0.2, 0) is 16.1 Å². The fourth-order valence-electron chi connectivity index (χ4n) is 3.08. The van der Waals surface area contributed by atoms with Gasteiger partial charge in [-0.05, 0) is 25.0 Å². The third-order valence-electron chi connectivity index (χ3n) is 4.20. The zero-order valence-corrected chi connectivity index (χ0v) is 14.2.